The number of aryl methyl sites for hydroxylation is 2. The summed E-state index contributed by atoms with van der Waals surface area (Å²) in [6.45, 7) is 5.77. The van der Waals surface area contributed by atoms with Crippen LogP contribution < -0.4 is 15.8 Å². The topological polar surface area (TPSA) is 51.3 Å². The van der Waals surface area contributed by atoms with Crippen LogP contribution in [-0.2, 0) is 6.54 Å². The van der Waals surface area contributed by atoms with Gasteiger partial charge in [0.05, 0.1) is 14.1 Å². The molecule has 26 heavy (non-hydrogen) atoms. The monoisotopic (exact) mass is 352 g/mol. The van der Waals surface area contributed by atoms with Gasteiger partial charge in [0, 0.05) is 22.6 Å². The van der Waals surface area contributed by atoms with E-state index in [4.69, 9.17) is 4.42 Å². The number of hydrogen-bond acceptors (Lipinski definition) is 2. The molecule has 0 saturated carbocycles. The summed E-state index contributed by atoms with van der Waals surface area (Å²) in [6, 6.07) is 16.8. The van der Waals surface area contributed by atoms with Gasteiger partial charge >= 0.3 is 5.63 Å². The van der Waals surface area contributed by atoms with Crippen LogP contribution in [0.25, 0.3) is 11.0 Å². The molecule has 3 aromatic rings. The zero-order valence-electron chi connectivity index (χ0n) is 16.0. The minimum atomic E-state index is -0.271. The zero-order chi connectivity index (χ0) is 18.7. The van der Waals surface area contributed by atoms with Crippen molar-refractivity contribution in [2.75, 3.05) is 20.6 Å². The van der Waals surface area contributed by atoms with Crippen LogP contribution in [0.4, 0.5) is 0 Å². The van der Waals surface area contributed by atoms with Gasteiger partial charge in [-0.2, -0.15) is 0 Å². The summed E-state index contributed by atoms with van der Waals surface area (Å²) in [4.78, 5) is 13.4. The first kappa shape index (κ1) is 18.4. The molecule has 0 saturated heterocycles. The fourth-order valence-electron chi connectivity index (χ4n) is 3.49. The van der Waals surface area contributed by atoms with E-state index in [0.717, 1.165) is 40.7 Å². The Kier molecular flexibility index (Phi) is 5.55. The lowest BCUT2D eigenvalue weighted by molar-refractivity contribution is -0.910. The number of benzene rings is 2. The average molecular weight is 352 g/mol. The maximum Gasteiger partial charge on any atom is 0.336 e. The fourth-order valence-corrected chi connectivity index (χ4v) is 3.49. The van der Waals surface area contributed by atoms with Crippen LogP contribution in [0.3, 0.4) is 0 Å². The summed E-state index contributed by atoms with van der Waals surface area (Å²) in [5.74, 6) is 0. The third kappa shape index (κ3) is 3.87. The minimum Gasteiger partial charge on any atom is -0.422 e. The van der Waals surface area contributed by atoms with Crippen molar-refractivity contribution >= 4 is 11.0 Å². The van der Waals surface area contributed by atoms with Crippen LogP contribution in [0.2, 0.25) is 0 Å². The number of nitrogens with two attached hydrogens (primary N) is 1. The highest BCUT2D eigenvalue weighted by Crippen LogP contribution is 2.22. The van der Waals surface area contributed by atoms with Gasteiger partial charge in [-0.05, 0) is 25.0 Å². The molecular formula is C22H28N2O2+2. The van der Waals surface area contributed by atoms with Crippen molar-refractivity contribution in [3.8, 4) is 0 Å². The summed E-state index contributed by atoms with van der Waals surface area (Å²) >= 11 is 0. The van der Waals surface area contributed by atoms with Crippen molar-refractivity contribution in [2.45, 2.75) is 26.4 Å². The Bertz CT molecular complexity index is 946. The first-order valence-corrected chi connectivity index (χ1v) is 9.17. The quantitative estimate of drug-likeness (QED) is 0.658. The molecule has 0 aliphatic heterocycles. The second kappa shape index (κ2) is 7.85. The van der Waals surface area contributed by atoms with E-state index in [1.807, 2.05) is 13.8 Å². The van der Waals surface area contributed by atoms with Crippen LogP contribution in [0, 0.1) is 13.8 Å². The molecule has 3 N–H and O–H groups in total. The van der Waals surface area contributed by atoms with Crippen molar-refractivity contribution < 1.29 is 14.6 Å². The lowest BCUT2D eigenvalue weighted by Crippen LogP contribution is -3.09. The third-order valence-corrected chi connectivity index (χ3v) is 5.18. The highest BCUT2D eigenvalue weighted by atomic mass is 16.4. The number of hydrogen-bond donors (Lipinski definition) is 2. The van der Waals surface area contributed by atoms with Gasteiger partial charge in [-0.1, -0.05) is 42.5 Å². The maximum absolute atomic E-state index is 12.0. The maximum atomic E-state index is 12.0. The first-order chi connectivity index (χ1) is 12.5. The normalized spacial score (nSPS) is 12.7. The Morgan fingerprint density at radius 3 is 2.50 bits per heavy atom. The van der Waals surface area contributed by atoms with Gasteiger partial charge < -0.3 is 14.6 Å². The van der Waals surface area contributed by atoms with Crippen molar-refractivity contribution in [1.29, 1.82) is 0 Å². The van der Waals surface area contributed by atoms with Crippen molar-refractivity contribution in [3.63, 3.8) is 0 Å². The minimum absolute atomic E-state index is 0.271. The standard InChI is InChI=1S/C22H26N2O2/c1-15-10-11-19-18(12-21(25)26-22(19)16(15)2)13-23-14-20(24(3)4)17-8-6-5-7-9-17/h5-12,20,23H,13-14H2,1-4H3/p+2/t20-/m1/s1. The molecule has 1 aromatic heterocycles. The number of likely N-dealkylation sites (N-methyl/N-ethyl adjacent to an activating group) is 1. The molecule has 4 heteroatoms. The van der Waals surface area contributed by atoms with Crippen molar-refractivity contribution in [3.05, 3.63) is 81.2 Å². The van der Waals surface area contributed by atoms with Crippen molar-refractivity contribution in [2.24, 2.45) is 0 Å². The van der Waals surface area contributed by atoms with Gasteiger partial charge in [0.1, 0.15) is 18.7 Å². The molecule has 0 bridgehead atoms. The van der Waals surface area contributed by atoms with Gasteiger partial charge in [-0.3, -0.25) is 0 Å². The van der Waals surface area contributed by atoms with E-state index in [-0.39, 0.29) is 5.63 Å². The Balaban J connectivity index is 1.81. The molecule has 136 valence electrons. The van der Waals surface area contributed by atoms with E-state index in [0.29, 0.717) is 6.04 Å². The third-order valence-electron chi connectivity index (χ3n) is 5.18. The Morgan fingerprint density at radius 2 is 1.81 bits per heavy atom. The van der Waals surface area contributed by atoms with Crippen LogP contribution in [-0.4, -0.2) is 20.6 Å². The van der Waals surface area contributed by atoms with Gasteiger partial charge in [0.25, 0.3) is 0 Å². The summed E-state index contributed by atoms with van der Waals surface area (Å²) in [5, 5.41) is 3.33. The van der Waals surface area contributed by atoms with Crippen LogP contribution >= 0.6 is 0 Å². The highest BCUT2D eigenvalue weighted by Gasteiger charge is 2.20. The second-order valence-electron chi connectivity index (χ2n) is 7.24. The molecule has 0 unspecified atom stereocenters. The highest BCUT2D eigenvalue weighted by molar-refractivity contribution is 5.83. The molecule has 0 aliphatic rings. The summed E-state index contributed by atoms with van der Waals surface area (Å²) in [6.07, 6.45) is 0. The molecule has 0 spiro atoms. The predicted molar refractivity (Wildman–Crippen MR) is 104 cm³/mol. The molecule has 3 rings (SSSR count). The average Bonchev–Trinajstić information content (AvgIpc) is 2.62. The molecule has 0 fully saturated rings. The molecule has 4 nitrogen and oxygen atoms in total. The Labute approximate surface area is 154 Å². The van der Waals surface area contributed by atoms with E-state index < -0.39 is 0 Å². The summed E-state index contributed by atoms with van der Waals surface area (Å²) < 4.78 is 5.48. The van der Waals surface area contributed by atoms with Gasteiger partial charge in [-0.15, -0.1) is 0 Å². The van der Waals surface area contributed by atoms with Crippen molar-refractivity contribution in [1.82, 2.24) is 0 Å². The smallest absolute Gasteiger partial charge is 0.336 e. The Morgan fingerprint density at radius 1 is 1.08 bits per heavy atom. The van der Waals surface area contributed by atoms with Crippen LogP contribution in [0.5, 0.6) is 0 Å². The SMILES string of the molecule is Cc1ccc2c(C[NH2+]C[C@H](c3ccccc3)[NH+](C)C)cc(=O)oc2c1C. The van der Waals surface area contributed by atoms with Gasteiger partial charge in [0.15, 0.2) is 6.04 Å². The predicted octanol–water partition coefficient (Wildman–Crippen LogP) is 1.36. The molecule has 0 radical (unpaired) electrons. The molecule has 0 amide bonds. The lowest BCUT2D eigenvalue weighted by atomic mass is 10.0. The van der Waals surface area contributed by atoms with E-state index in [1.54, 1.807) is 6.07 Å². The molecular weight excluding hydrogens is 324 g/mol. The number of quaternary nitrogens is 2. The number of fused-ring (bicyclic) bond motifs is 1. The van der Waals surface area contributed by atoms with Crippen LogP contribution in [0.1, 0.15) is 28.3 Å². The lowest BCUT2D eigenvalue weighted by Gasteiger charge is -2.20. The van der Waals surface area contributed by atoms with E-state index in [9.17, 15) is 4.79 Å². The van der Waals surface area contributed by atoms with Gasteiger partial charge in [0.2, 0.25) is 0 Å². The summed E-state index contributed by atoms with van der Waals surface area (Å²) in [7, 11) is 4.37. The number of rotatable bonds is 6. The zero-order valence-corrected chi connectivity index (χ0v) is 16.0. The molecule has 1 atom stereocenters. The van der Waals surface area contributed by atoms with E-state index >= 15 is 0 Å². The molecule has 2 aromatic carbocycles. The van der Waals surface area contributed by atoms with E-state index in [1.165, 1.54) is 10.5 Å². The van der Waals surface area contributed by atoms with Gasteiger partial charge in [-0.25, -0.2) is 4.79 Å². The van der Waals surface area contributed by atoms with Crippen LogP contribution in [0.15, 0.2) is 57.7 Å². The Hall–Kier alpha value is -2.43. The molecule has 0 aliphatic carbocycles. The fraction of sp³-hybridized carbons (Fsp3) is 0.318. The summed E-state index contributed by atoms with van der Waals surface area (Å²) in [5.41, 5.74) is 5.02. The molecule has 1 heterocycles. The first-order valence-electron chi connectivity index (χ1n) is 9.17. The second-order valence-corrected chi connectivity index (χ2v) is 7.24. The number of nitrogens with one attached hydrogen (secondary N) is 1. The largest absolute Gasteiger partial charge is 0.422 e. The van der Waals surface area contributed by atoms with E-state index in [2.05, 4.69) is 61.9 Å².